The average Bonchev–Trinajstić information content (AvgIpc) is 3.15. The van der Waals surface area contributed by atoms with Gasteiger partial charge < -0.3 is 35.1 Å². The zero-order chi connectivity index (χ0) is 23.5. The SMILES string of the molecule is CN(O)C(N)c1cc(N2CCN(C(=O)OC(C)(C)C)CC2)nc(OC[C@@H]2CCCN2C)n1. The van der Waals surface area contributed by atoms with Gasteiger partial charge in [0.05, 0.1) is 5.69 Å². The highest BCUT2D eigenvalue weighted by atomic mass is 16.6. The monoisotopic (exact) mass is 451 g/mol. The molecule has 2 aliphatic rings. The van der Waals surface area contributed by atoms with E-state index in [1.165, 1.54) is 7.05 Å². The summed E-state index contributed by atoms with van der Waals surface area (Å²) in [5.41, 5.74) is 6.04. The molecule has 0 radical (unpaired) electrons. The molecule has 0 spiro atoms. The van der Waals surface area contributed by atoms with E-state index in [1.807, 2.05) is 20.8 Å². The summed E-state index contributed by atoms with van der Waals surface area (Å²) in [4.78, 5) is 27.4. The van der Waals surface area contributed by atoms with Crippen LogP contribution in [0.25, 0.3) is 0 Å². The molecular weight excluding hydrogens is 414 g/mol. The van der Waals surface area contributed by atoms with E-state index in [1.54, 1.807) is 11.0 Å². The molecule has 0 bridgehead atoms. The Morgan fingerprint density at radius 3 is 2.53 bits per heavy atom. The lowest BCUT2D eigenvalue weighted by atomic mass is 10.2. The summed E-state index contributed by atoms with van der Waals surface area (Å²) < 4.78 is 11.4. The molecule has 1 amide bonds. The van der Waals surface area contributed by atoms with Crippen LogP contribution in [0.3, 0.4) is 0 Å². The first-order valence-corrected chi connectivity index (χ1v) is 11.2. The fourth-order valence-electron chi connectivity index (χ4n) is 3.80. The number of hydroxylamine groups is 2. The van der Waals surface area contributed by atoms with Gasteiger partial charge in [0.2, 0.25) is 0 Å². The Labute approximate surface area is 190 Å². The predicted molar refractivity (Wildman–Crippen MR) is 120 cm³/mol. The molecule has 0 saturated carbocycles. The molecule has 1 aromatic rings. The van der Waals surface area contributed by atoms with Crippen LogP contribution >= 0.6 is 0 Å². The summed E-state index contributed by atoms with van der Waals surface area (Å²) in [6, 6.07) is 2.33. The molecule has 0 aliphatic carbocycles. The number of nitrogens with two attached hydrogens (primary N) is 1. The number of hydrogen-bond donors (Lipinski definition) is 2. The second-order valence-electron chi connectivity index (χ2n) is 9.49. The third kappa shape index (κ3) is 6.41. The molecule has 3 rings (SSSR count). The molecule has 11 nitrogen and oxygen atoms in total. The molecule has 0 aromatic carbocycles. The van der Waals surface area contributed by atoms with E-state index in [4.69, 9.17) is 15.2 Å². The maximum atomic E-state index is 12.4. The van der Waals surface area contributed by atoms with Crippen LogP contribution in [-0.2, 0) is 4.74 Å². The number of rotatable bonds is 6. The van der Waals surface area contributed by atoms with E-state index in [-0.39, 0.29) is 12.1 Å². The van der Waals surface area contributed by atoms with Crippen LogP contribution in [-0.4, -0.2) is 101 Å². The lowest BCUT2D eigenvalue weighted by molar-refractivity contribution is -0.103. The minimum absolute atomic E-state index is 0.240. The molecule has 2 atom stereocenters. The third-order valence-electron chi connectivity index (χ3n) is 5.75. The number of amides is 1. The van der Waals surface area contributed by atoms with Crippen molar-refractivity contribution in [3.8, 4) is 6.01 Å². The highest BCUT2D eigenvalue weighted by molar-refractivity contribution is 5.68. The lowest BCUT2D eigenvalue weighted by Crippen LogP contribution is -2.50. The number of likely N-dealkylation sites (N-methyl/N-ethyl adjacent to an activating group) is 1. The molecule has 1 aromatic heterocycles. The molecule has 3 heterocycles. The van der Waals surface area contributed by atoms with Crippen LogP contribution < -0.4 is 15.4 Å². The number of piperazine rings is 1. The van der Waals surface area contributed by atoms with Gasteiger partial charge in [0, 0.05) is 45.3 Å². The highest BCUT2D eigenvalue weighted by Crippen LogP contribution is 2.23. The first-order chi connectivity index (χ1) is 15.0. The molecule has 2 saturated heterocycles. The highest BCUT2D eigenvalue weighted by Gasteiger charge is 2.28. The summed E-state index contributed by atoms with van der Waals surface area (Å²) in [5.74, 6) is 0.658. The molecular formula is C21H37N7O4. The van der Waals surface area contributed by atoms with Crippen LogP contribution in [0.1, 0.15) is 45.5 Å². The second-order valence-corrected chi connectivity index (χ2v) is 9.49. The van der Waals surface area contributed by atoms with Gasteiger partial charge in [-0.15, -0.1) is 0 Å². The van der Waals surface area contributed by atoms with Gasteiger partial charge >= 0.3 is 12.1 Å². The van der Waals surface area contributed by atoms with E-state index in [0.29, 0.717) is 50.3 Å². The predicted octanol–water partition coefficient (Wildman–Crippen LogP) is 1.29. The molecule has 2 fully saturated rings. The van der Waals surface area contributed by atoms with Gasteiger partial charge in [0.25, 0.3) is 0 Å². The molecule has 3 N–H and O–H groups in total. The van der Waals surface area contributed by atoms with Gasteiger partial charge in [-0.3, -0.25) is 0 Å². The standard InChI is InChI=1S/C21H37N7O4/c1-21(2,3)32-20(29)28-11-9-27(10-12-28)17-13-16(18(22)26(5)30)23-19(24-17)31-14-15-7-6-8-25(15)4/h13,15,18,30H,6-12,14,22H2,1-5H3/t15-,18?/m0/s1. The number of nitrogens with zero attached hydrogens (tertiary/aromatic N) is 6. The maximum absolute atomic E-state index is 12.4. The maximum Gasteiger partial charge on any atom is 0.410 e. The van der Waals surface area contributed by atoms with Crippen molar-refractivity contribution >= 4 is 11.9 Å². The van der Waals surface area contributed by atoms with Gasteiger partial charge in [-0.2, -0.15) is 15.0 Å². The molecule has 1 unspecified atom stereocenters. The van der Waals surface area contributed by atoms with E-state index in [2.05, 4.69) is 26.8 Å². The van der Waals surface area contributed by atoms with Gasteiger partial charge in [0.1, 0.15) is 24.2 Å². The Morgan fingerprint density at radius 1 is 1.28 bits per heavy atom. The van der Waals surface area contributed by atoms with Crippen molar-refractivity contribution in [1.82, 2.24) is 24.8 Å². The topological polar surface area (TPSA) is 121 Å². The number of ether oxygens (including phenoxy) is 2. The van der Waals surface area contributed by atoms with Gasteiger partial charge in [-0.1, -0.05) is 0 Å². The normalized spacial score (nSPS) is 21.2. The van der Waals surface area contributed by atoms with Crippen molar-refractivity contribution in [2.45, 2.75) is 51.4 Å². The number of hydrogen-bond acceptors (Lipinski definition) is 10. The van der Waals surface area contributed by atoms with Crippen LogP contribution in [0.5, 0.6) is 6.01 Å². The molecule has 11 heteroatoms. The van der Waals surface area contributed by atoms with Crippen LogP contribution in [0, 0.1) is 0 Å². The second kappa shape index (κ2) is 10.2. The molecule has 180 valence electrons. The van der Waals surface area contributed by atoms with E-state index >= 15 is 0 Å². The summed E-state index contributed by atoms with van der Waals surface area (Å²) >= 11 is 0. The van der Waals surface area contributed by atoms with Crippen molar-refractivity contribution in [2.24, 2.45) is 5.73 Å². The zero-order valence-corrected chi connectivity index (χ0v) is 19.8. The van der Waals surface area contributed by atoms with Crippen molar-refractivity contribution in [1.29, 1.82) is 0 Å². The largest absolute Gasteiger partial charge is 0.462 e. The first-order valence-electron chi connectivity index (χ1n) is 11.2. The van der Waals surface area contributed by atoms with Crippen molar-refractivity contribution in [3.63, 3.8) is 0 Å². The fraction of sp³-hybridized carbons (Fsp3) is 0.762. The van der Waals surface area contributed by atoms with Gasteiger partial charge in [0.15, 0.2) is 0 Å². The van der Waals surface area contributed by atoms with Crippen LogP contribution in [0.2, 0.25) is 0 Å². The number of anilines is 1. The third-order valence-corrected chi connectivity index (χ3v) is 5.75. The Kier molecular flexibility index (Phi) is 7.75. The Bertz CT molecular complexity index is 778. The minimum Gasteiger partial charge on any atom is -0.462 e. The average molecular weight is 452 g/mol. The zero-order valence-electron chi connectivity index (χ0n) is 19.8. The molecule has 32 heavy (non-hydrogen) atoms. The Morgan fingerprint density at radius 2 is 1.97 bits per heavy atom. The van der Waals surface area contributed by atoms with E-state index < -0.39 is 11.8 Å². The quantitative estimate of drug-likeness (QED) is 0.483. The summed E-state index contributed by atoms with van der Waals surface area (Å²) in [6.45, 7) is 9.34. The Hall–Kier alpha value is -2.21. The summed E-state index contributed by atoms with van der Waals surface area (Å²) in [5, 5.41) is 10.7. The number of likely N-dealkylation sites (tertiary alicyclic amines) is 1. The van der Waals surface area contributed by atoms with Crippen molar-refractivity contribution in [3.05, 3.63) is 11.8 Å². The number of carbonyl (C=O) groups is 1. The van der Waals surface area contributed by atoms with E-state index in [0.717, 1.165) is 24.4 Å². The van der Waals surface area contributed by atoms with Crippen molar-refractivity contribution in [2.75, 3.05) is 58.3 Å². The lowest BCUT2D eigenvalue weighted by Gasteiger charge is -2.36. The smallest absolute Gasteiger partial charge is 0.410 e. The van der Waals surface area contributed by atoms with Crippen LogP contribution in [0.4, 0.5) is 10.6 Å². The fourth-order valence-corrected chi connectivity index (χ4v) is 3.80. The number of carbonyl (C=O) groups excluding carboxylic acids is 1. The number of aromatic nitrogens is 2. The Balaban J connectivity index is 1.70. The summed E-state index contributed by atoms with van der Waals surface area (Å²) in [7, 11) is 3.56. The van der Waals surface area contributed by atoms with Crippen molar-refractivity contribution < 1.29 is 19.5 Å². The van der Waals surface area contributed by atoms with Gasteiger partial charge in [-0.25, -0.2) is 4.79 Å². The van der Waals surface area contributed by atoms with Crippen LogP contribution in [0.15, 0.2) is 6.07 Å². The summed E-state index contributed by atoms with van der Waals surface area (Å²) in [6.07, 6.45) is 1.11. The minimum atomic E-state index is -0.809. The molecule has 2 aliphatic heterocycles. The van der Waals surface area contributed by atoms with E-state index in [9.17, 15) is 10.0 Å². The first kappa shape index (κ1) is 24.4. The van der Waals surface area contributed by atoms with Gasteiger partial charge in [-0.05, 0) is 47.2 Å².